The molecule has 0 radical (unpaired) electrons. The second kappa shape index (κ2) is 6.78. The van der Waals surface area contributed by atoms with Crippen LogP contribution in [0, 0.1) is 0 Å². The Morgan fingerprint density at radius 2 is 2.26 bits per heavy atom. The van der Waals surface area contributed by atoms with Gasteiger partial charge in [0.15, 0.2) is 0 Å². The summed E-state index contributed by atoms with van der Waals surface area (Å²) in [5.74, 6) is 0.123. The lowest BCUT2D eigenvalue weighted by Gasteiger charge is -2.22. The third-order valence-corrected chi connectivity index (χ3v) is 3.63. The zero-order valence-corrected chi connectivity index (χ0v) is 12.0. The third-order valence-electron chi connectivity index (χ3n) is 3.28. The minimum Gasteiger partial charge on any atom is -0.369 e. The number of nitrogens with one attached hydrogen (secondary N) is 2. The van der Waals surface area contributed by atoms with Crippen LogP contribution in [0.3, 0.4) is 0 Å². The average Bonchev–Trinajstić information content (AvgIpc) is 2.62. The number of hydrogen-bond donors (Lipinski definition) is 2. The Labute approximate surface area is 119 Å². The van der Waals surface area contributed by atoms with Gasteiger partial charge in [0, 0.05) is 43.3 Å². The van der Waals surface area contributed by atoms with Crippen LogP contribution < -0.4 is 15.5 Å². The minimum atomic E-state index is 0.123. The number of rotatable bonds is 4. The van der Waals surface area contributed by atoms with Crippen LogP contribution in [0.2, 0.25) is 5.02 Å². The molecule has 104 valence electrons. The van der Waals surface area contributed by atoms with Crippen molar-refractivity contribution in [2.24, 2.45) is 0 Å². The molecule has 1 aromatic rings. The Hall–Kier alpha value is -1.26. The molecule has 1 saturated heterocycles. The number of carbonyl (C=O) groups excluding carboxylic acids is 1. The van der Waals surface area contributed by atoms with Crippen molar-refractivity contribution in [3.05, 3.63) is 28.8 Å². The predicted molar refractivity (Wildman–Crippen MR) is 78.7 cm³/mol. The fourth-order valence-corrected chi connectivity index (χ4v) is 2.40. The lowest BCUT2D eigenvalue weighted by atomic mass is 10.2. The van der Waals surface area contributed by atoms with E-state index in [0.717, 1.165) is 42.5 Å². The highest BCUT2D eigenvalue weighted by atomic mass is 35.5. The first kappa shape index (κ1) is 14.2. The summed E-state index contributed by atoms with van der Waals surface area (Å²) < 4.78 is 0. The molecule has 1 amide bonds. The van der Waals surface area contributed by atoms with Crippen molar-refractivity contribution in [3.8, 4) is 0 Å². The van der Waals surface area contributed by atoms with E-state index in [9.17, 15) is 4.79 Å². The van der Waals surface area contributed by atoms with Gasteiger partial charge in [-0.25, -0.2) is 0 Å². The minimum absolute atomic E-state index is 0.123. The zero-order chi connectivity index (χ0) is 13.7. The molecule has 1 heterocycles. The van der Waals surface area contributed by atoms with Crippen molar-refractivity contribution in [2.45, 2.75) is 19.9 Å². The molecule has 1 fully saturated rings. The molecule has 0 unspecified atom stereocenters. The van der Waals surface area contributed by atoms with Crippen LogP contribution in [0.25, 0.3) is 0 Å². The van der Waals surface area contributed by atoms with Crippen molar-refractivity contribution in [2.75, 3.05) is 31.1 Å². The fourth-order valence-electron chi connectivity index (χ4n) is 2.16. The molecule has 5 heteroatoms. The van der Waals surface area contributed by atoms with Crippen LogP contribution in [0.4, 0.5) is 5.69 Å². The van der Waals surface area contributed by atoms with E-state index in [4.69, 9.17) is 11.6 Å². The lowest BCUT2D eigenvalue weighted by Crippen LogP contribution is -2.28. The summed E-state index contributed by atoms with van der Waals surface area (Å²) in [5, 5.41) is 6.92. The molecule has 19 heavy (non-hydrogen) atoms. The van der Waals surface area contributed by atoms with E-state index in [0.29, 0.717) is 13.0 Å². The van der Waals surface area contributed by atoms with Gasteiger partial charge in [0.1, 0.15) is 0 Å². The number of benzene rings is 1. The fraction of sp³-hybridized carbons (Fsp3) is 0.500. The van der Waals surface area contributed by atoms with Gasteiger partial charge in [-0.15, -0.1) is 0 Å². The quantitative estimate of drug-likeness (QED) is 0.884. The van der Waals surface area contributed by atoms with E-state index in [2.05, 4.69) is 34.6 Å². The Bertz CT molecular complexity index is 450. The molecular formula is C14H20ClN3O. The average molecular weight is 282 g/mol. The molecule has 0 saturated carbocycles. The highest BCUT2D eigenvalue weighted by Gasteiger charge is 2.14. The van der Waals surface area contributed by atoms with Crippen molar-refractivity contribution >= 4 is 23.2 Å². The number of hydrogen-bond acceptors (Lipinski definition) is 3. The highest BCUT2D eigenvalue weighted by molar-refractivity contribution is 6.31. The second-order valence-electron chi connectivity index (χ2n) is 4.64. The summed E-state index contributed by atoms with van der Waals surface area (Å²) in [4.78, 5) is 13.5. The second-order valence-corrected chi connectivity index (χ2v) is 5.05. The summed E-state index contributed by atoms with van der Waals surface area (Å²) in [5.41, 5.74) is 2.19. The van der Waals surface area contributed by atoms with Gasteiger partial charge in [-0.05, 0) is 24.2 Å². The van der Waals surface area contributed by atoms with Gasteiger partial charge in [0.2, 0.25) is 5.91 Å². The SMILES string of the molecule is CCNCc1ccc(N2CCNC(=O)CC2)cc1Cl. The molecule has 0 aliphatic carbocycles. The third kappa shape index (κ3) is 3.85. The first-order valence-electron chi connectivity index (χ1n) is 6.71. The van der Waals surface area contributed by atoms with Gasteiger partial charge in [0.05, 0.1) is 0 Å². The van der Waals surface area contributed by atoms with Crippen LogP contribution in [0.5, 0.6) is 0 Å². The predicted octanol–water partition coefficient (Wildman–Crippen LogP) is 1.78. The van der Waals surface area contributed by atoms with Crippen LogP contribution in [0.1, 0.15) is 18.9 Å². The van der Waals surface area contributed by atoms with Gasteiger partial charge < -0.3 is 15.5 Å². The Morgan fingerprint density at radius 1 is 1.42 bits per heavy atom. The van der Waals surface area contributed by atoms with Gasteiger partial charge in [-0.2, -0.15) is 0 Å². The van der Waals surface area contributed by atoms with Gasteiger partial charge in [0.25, 0.3) is 0 Å². The van der Waals surface area contributed by atoms with Crippen molar-refractivity contribution in [1.29, 1.82) is 0 Å². The monoisotopic (exact) mass is 281 g/mol. The maximum absolute atomic E-state index is 11.3. The summed E-state index contributed by atoms with van der Waals surface area (Å²) in [6.07, 6.45) is 0.538. The van der Waals surface area contributed by atoms with Crippen molar-refractivity contribution in [3.63, 3.8) is 0 Å². The van der Waals surface area contributed by atoms with E-state index < -0.39 is 0 Å². The number of halogens is 1. The number of nitrogens with zero attached hydrogens (tertiary/aromatic N) is 1. The van der Waals surface area contributed by atoms with Gasteiger partial charge in [-0.3, -0.25) is 4.79 Å². The maximum Gasteiger partial charge on any atom is 0.221 e. The summed E-state index contributed by atoms with van der Waals surface area (Å²) in [7, 11) is 0. The van der Waals surface area contributed by atoms with E-state index >= 15 is 0 Å². The molecule has 2 N–H and O–H groups in total. The molecule has 4 nitrogen and oxygen atoms in total. The molecule has 0 spiro atoms. The van der Waals surface area contributed by atoms with Crippen LogP contribution >= 0.6 is 11.6 Å². The largest absolute Gasteiger partial charge is 0.369 e. The molecule has 0 atom stereocenters. The van der Waals surface area contributed by atoms with E-state index in [1.165, 1.54) is 0 Å². The number of carbonyl (C=O) groups is 1. The first-order chi connectivity index (χ1) is 9.20. The molecule has 0 aromatic heterocycles. The van der Waals surface area contributed by atoms with Crippen molar-refractivity contribution in [1.82, 2.24) is 10.6 Å². The van der Waals surface area contributed by atoms with Gasteiger partial charge in [-0.1, -0.05) is 24.6 Å². The summed E-state index contributed by atoms with van der Waals surface area (Å²) >= 11 is 6.30. The van der Waals surface area contributed by atoms with Crippen molar-refractivity contribution < 1.29 is 4.79 Å². The van der Waals surface area contributed by atoms with Gasteiger partial charge >= 0.3 is 0 Å². The molecule has 1 aliphatic heterocycles. The standard InChI is InChI=1S/C14H20ClN3O/c1-2-16-10-11-3-4-12(9-13(11)15)18-7-5-14(19)17-6-8-18/h3-4,9,16H,2,5-8,10H2,1H3,(H,17,19). The normalized spacial score (nSPS) is 16.1. The first-order valence-corrected chi connectivity index (χ1v) is 7.09. The van der Waals surface area contributed by atoms with Crippen LogP contribution in [-0.2, 0) is 11.3 Å². The molecular weight excluding hydrogens is 262 g/mol. The lowest BCUT2D eigenvalue weighted by molar-refractivity contribution is -0.120. The topological polar surface area (TPSA) is 44.4 Å². The zero-order valence-electron chi connectivity index (χ0n) is 11.2. The van der Waals surface area contributed by atoms with E-state index in [1.807, 2.05) is 6.07 Å². The summed E-state index contributed by atoms with van der Waals surface area (Å²) in [6, 6.07) is 6.12. The highest BCUT2D eigenvalue weighted by Crippen LogP contribution is 2.24. The Kier molecular flexibility index (Phi) is 5.05. The molecule has 0 bridgehead atoms. The Balaban J connectivity index is 2.08. The van der Waals surface area contributed by atoms with Crippen LogP contribution in [-0.4, -0.2) is 32.1 Å². The smallest absolute Gasteiger partial charge is 0.221 e. The Morgan fingerprint density at radius 3 is 3.00 bits per heavy atom. The molecule has 1 aliphatic rings. The molecule has 2 rings (SSSR count). The van der Waals surface area contributed by atoms with Crippen LogP contribution in [0.15, 0.2) is 18.2 Å². The number of anilines is 1. The maximum atomic E-state index is 11.3. The molecule has 1 aromatic carbocycles. The van der Waals surface area contributed by atoms with E-state index in [-0.39, 0.29) is 5.91 Å². The van der Waals surface area contributed by atoms with E-state index in [1.54, 1.807) is 0 Å². The number of amides is 1. The summed E-state index contributed by atoms with van der Waals surface area (Å²) in [6.45, 7) is 6.05.